The first-order chi connectivity index (χ1) is 10.8. The lowest BCUT2D eigenvalue weighted by molar-refractivity contribution is -0.122. The number of nitrogens with one attached hydrogen (secondary N) is 2. The number of aryl methyl sites for hydroxylation is 1. The molecule has 2 N–H and O–H groups in total. The first kappa shape index (κ1) is 20.6. The Bertz CT molecular complexity index is 656. The van der Waals surface area contributed by atoms with E-state index in [1.807, 2.05) is 20.8 Å². The topological polar surface area (TPSA) is 75.3 Å². The molecule has 1 aromatic carbocycles. The smallest absolute Gasteiger partial charge is 0.240 e. The van der Waals surface area contributed by atoms with Crippen molar-refractivity contribution >= 4 is 15.9 Å². The quantitative estimate of drug-likeness (QED) is 0.790. The second-order valence-electron chi connectivity index (χ2n) is 8.13. The van der Waals surface area contributed by atoms with Crippen molar-refractivity contribution in [1.29, 1.82) is 0 Å². The van der Waals surface area contributed by atoms with Gasteiger partial charge in [-0.05, 0) is 44.7 Å². The summed E-state index contributed by atoms with van der Waals surface area (Å²) in [5, 5.41) is 2.97. The van der Waals surface area contributed by atoms with Crippen molar-refractivity contribution in [3.63, 3.8) is 0 Å². The Kier molecular flexibility index (Phi) is 6.59. The number of sulfonamides is 1. The second-order valence-corrected chi connectivity index (χ2v) is 9.90. The van der Waals surface area contributed by atoms with Crippen LogP contribution in [0.2, 0.25) is 0 Å². The van der Waals surface area contributed by atoms with E-state index in [4.69, 9.17) is 0 Å². The highest BCUT2D eigenvalue weighted by Crippen LogP contribution is 2.26. The van der Waals surface area contributed by atoms with Crippen LogP contribution >= 0.6 is 0 Å². The van der Waals surface area contributed by atoms with Gasteiger partial charge in [-0.3, -0.25) is 4.79 Å². The van der Waals surface area contributed by atoms with Crippen LogP contribution in [0.1, 0.15) is 53.0 Å². The number of hydrogen-bond donors (Lipinski definition) is 2. The van der Waals surface area contributed by atoms with Gasteiger partial charge >= 0.3 is 0 Å². The molecule has 1 rings (SSSR count). The molecule has 0 aliphatic carbocycles. The van der Waals surface area contributed by atoms with Crippen molar-refractivity contribution in [1.82, 2.24) is 10.0 Å². The molecule has 24 heavy (non-hydrogen) atoms. The van der Waals surface area contributed by atoms with E-state index in [2.05, 4.69) is 30.8 Å². The zero-order chi connectivity index (χ0) is 18.6. The third kappa shape index (κ3) is 7.45. The third-order valence-electron chi connectivity index (χ3n) is 3.43. The lowest BCUT2D eigenvalue weighted by Gasteiger charge is -2.33. The van der Waals surface area contributed by atoms with Crippen LogP contribution in [0, 0.1) is 12.3 Å². The lowest BCUT2D eigenvalue weighted by atomic mass is 9.82. The third-order valence-corrected chi connectivity index (χ3v) is 4.90. The minimum Gasteiger partial charge on any atom is -0.351 e. The van der Waals surface area contributed by atoms with Crippen molar-refractivity contribution in [3.05, 3.63) is 29.8 Å². The Balaban J connectivity index is 2.52. The molecule has 0 aliphatic rings. The average molecular weight is 355 g/mol. The Morgan fingerprint density at radius 3 is 2.08 bits per heavy atom. The Morgan fingerprint density at radius 2 is 1.58 bits per heavy atom. The van der Waals surface area contributed by atoms with Crippen LogP contribution in [0.4, 0.5) is 0 Å². The Labute approximate surface area is 146 Å². The fourth-order valence-electron chi connectivity index (χ4n) is 2.91. The summed E-state index contributed by atoms with van der Waals surface area (Å²) in [5.74, 6) is -0.157. The summed E-state index contributed by atoms with van der Waals surface area (Å²) >= 11 is 0. The molecular weight excluding hydrogens is 324 g/mol. The summed E-state index contributed by atoms with van der Waals surface area (Å²) in [6.07, 6.45) is 0.944. The van der Waals surface area contributed by atoms with Crippen molar-refractivity contribution in [2.75, 3.05) is 6.54 Å². The SMILES string of the molecule is Cc1ccc(S(=O)(=O)NCCC(=O)NC(C)(C)CC(C)(C)C)cc1. The van der Waals surface area contributed by atoms with Gasteiger partial charge in [0, 0.05) is 18.5 Å². The molecule has 0 spiro atoms. The summed E-state index contributed by atoms with van der Waals surface area (Å²) < 4.78 is 26.8. The Hall–Kier alpha value is -1.40. The molecule has 1 amide bonds. The van der Waals surface area contributed by atoms with Gasteiger partial charge in [-0.2, -0.15) is 0 Å². The molecule has 6 heteroatoms. The molecule has 1 aromatic rings. The van der Waals surface area contributed by atoms with Gasteiger partial charge in [0.2, 0.25) is 15.9 Å². The highest BCUT2D eigenvalue weighted by atomic mass is 32.2. The summed E-state index contributed by atoms with van der Waals surface area (Å²) in [4.78, 5) is 12.3. The summed E-state index contributed by atoms with van der Waals surface area (Å²) in [6.45, 7) is 12.3. The van der Waals surface area contributed by atoms with Crippen molar-refractivity contribution in [2.45, 2.75) is 64.8 Å². The van der Waals surface area contributed by atoms with Gasteiger partial charge in [-0.15, -0.1) is 0 Å². The second kappa shape index (κ2) is 7.66. The monoisotopic (exact) mass is 354 g/mol. The van der Waals surface area contributed by atoms with E-state index >= 15 is 0 Å². The Morgan fingerprint density at radius 1 is 1.04 bits per heavy atom. The highest BCUT2D eigenvalue weighted by molar-refractivity contribution is 7.89. The lowest BCUT2D eigenvalue weighted by Crippen LogP contribution is -2.46. The zero-order valence-electron chi connectivity index (χ0n) is 15.6. The van der Waals surface area contributed by atoms with Gasteiger partial charge in [0.05, 0.1) is 4.90 Å². The number of rotatable bonds is 7. The predicted molar refractivity (Wildman–Crippen MR) is 97.3 cm³/mol. The largest absolute Gasteiger partial charge is 0.351 e. The zero-order valence-corrected chi connectivity index (χ0v) is 16.4. The first-order valence-electron chi connectivity index (χ1n) is 8.18. The van der Waals surface area contributed by atoms with Crippen LogP contribution in [0.25, 0.3) is 0 Å². The maximum absolute atomic E-state index is 12.2. The number of amides is 1. The molecule has 0 heterocycles. The minimum atomic E-state index is -3.58. The maximum atomic E-state index is 12.2. The fraction of sp³-hybridized carbons (Fsp3) is 0.611. The number of carbonyl (C=O) groups excluding carboxylic acids is 1. The molecule has 0 saturated heterocycles. The van der Waals surface area contributed by atoms with E-state index in [1.165, 1.54) is 0 Å². The van der Waals surface area contributed by atoms with Crippen LogP contribution in [0.3, 0.4) is 0 Å². The van der Waals surface area contributed by atoms with Gasteiger partial charge < -0.3 is 5.32 Å². The van der Waals surface area contributed by atoms with Crippen LogP contribution in [-0.2, 0) is 14.8 Å². The summed E-state index contributed by atoms with van der Waals surface area (Å²) in [5.41, 5.74) is 0.768. The molecule has 0 saturated carbocycles. The molecule has 0 fully saturated rings. The van der Waals surface area contributed by atoms with E-state index in [0.717, 1.165) is 12.0 Å². The van der Waals surface area contributed by atoms with Gasteiger partial charge in [0.25, 0.3) is 0 Å². The minimum absolute atomic E-state index is 0.0770. The number of hydrogen-bond acceptors (Lipinski definition) is 3. The van der Waals surface area contributed by atoms with E-state index < -0.39 is 10.0 Å². The van der Waals surface area contributed by atoms with Crippen LogP contribution < -0.4 is 10.0 Å². The summed E-state index contributed by atoms with van der Waals surface area (Å²) in [6, 6.07) is 6.61. The number of carbonyl (C=O) groups is 1. The molecule has 0 radical (unpaired) electrons. The predicted octanol–water partition coefficient (Wildman–Crippen LogP) is 2.99. The number of benzene rings is 1. The standard InChI is InChI=1S/C18H30N2O3S/c1-14-7-9-15(10-8-14)24(22,23)19-12-11-16(21)20-18(5,6)13-17(2,3)4/h7-10,19H,11-13H2,1-6H3,(H,20,21). The van der Waals surface area contributed by atoms with Crippen LogP contribution in [0.5, 0.6) is 0 Å². The van der Waals surface area contributed by atoms with Crippen LogP contribution in [0.15, 0.2) is 29.2 Å². The molecule has 0 bridgehead atoms. The van der Waals surface area contributed by atoms with Crippen molar-refractivity contribution in [2.24, 2.45) is 5.41 Å². The fourth-order valence-corrected chi connectivity index (χ4v) is 3.94. The van der Waals surface area contributed by atoms with Gasteiger partial charge in [0.15, 0.2) is 0 Å². The molecule has 5 nitrogen and oxygen atoms in total. The van der Waals surface area contributed by atoms with Crippen molar-refractivity contribution in [3.8, 4) is 0 Å². The molecule has 0 aliphatic heterocycles. The van der Waals surface area contributed by atoms with Crippen LogP contribution in [-0.4, -0.2) is 26.4 Å². The first-order valence-corrected chi connectivity index (χ1v) is 9.66. The normalized spacial score (nSPS) is 12.9. The maximum Gasteiger partial charge on any atom is 0.240 e. The van der Waals surface area contributed by atoms with E-state index in [9.17, 15) is 13.2 Å². The molecule has 136 valence electrons. The van der Waals surface area contributed by atoms with Gasteiger partial charge in [0.1, 0.15) is 0 Å². The average Bonchev–Trinajstić information content (AvgIpc) is 2.34. The molecule has 0 atom stereocenters. The van der Waals surface area contributed by atoms with Gasteiger partial charge in [-0.25, -0.2) is 13.1 Å². The van der Waals surface area contributed by atoms with E-state index in [-0.39, 0.29) is 34.7 Å². The molecule has 0 unspecified atom stereocenters. The van der Waals surface area contributed by atoms with E-state index in [0.29, 0.717) is 0 Å². The molecule has 0 aromatic heterocycles. The van der Waals surface area contributed by atoms with Gasteiger partial charge in [-0.1, -0.05) is 38.5 Å². The van der Waals surface area contributed by atoms with Crippen molar-refractivity contribution < 1.29 is 13.2 Å². The summed E-state index contributed by atoms with van der Waals surface area (Å²) in [7, 11) is -3.58. The molecular formula is C18H30N2O3S. The highest BCUT2D eigenvalue weighted by Gasteiger charge is 2.26. The van der Waals surface area contributed by atoms with E-state index in [1.54, 1.807) is 24.3 Å².